The van der Waals surface area contributed by atoms with Crippen molar-refractivity contribution in [1.82, 2.24) is 9.55 Å². The molecule has 0 fully saturated rings. The fourth-order valence-corrected chi connectivity index (χ4v) is 3.58. The van der Waals surface area contributed by atoms with Crippen LogP contribution < -0.4 is 14.8 Å². The van der Waals surface area contributed by atoms with Gasteiger partial charge in [0.15, 0.2) is 16.7 Å². The minimum atomic E-state index is -2.74. The largest absolute Gasteiger partial charge is 0.490 e. The normalized spacial score (nSPS) is 11.1. The lowest BCUT2D eigenvalue weighted by molar-refractivity contribution is -0.113. The molecule has 9 heteroatoms. The van der Waals surface area contributed by atoms with Crippen molar-refractivity contribution in [2.45, 2.75) is 25.6 Å². The molecular weight excluding hydrogens is 400 g/mol. The fourth-order valence-electron chi connectivity index (χ4n) is 2.77. The van der Waals surface area contributed by atoms with Gasteiger partial charge in [-0.2, -0.15) is 8.78 Å². The van der Waals surface area contributed by atoms with Gasteiger partial charge in [0.05, 0.1) is 30.0 Å². The zero-order valence-electron chi connectivity index (χ0n) is 16.0. The third kappa shape index (κ3) is 4.97. The Bertz CT molecular complexity index is 994. The van der Waals surface area contributed by atoms with E-state index in [9.17, 15) is 13.6 Å². The van der Waals surface area contributed by atoms with Crippen LogP contribution in [0.1, 0.15) is 20.4 Å². The van der Waals surface area contributed by atoms with E-state index in [0.717, 1.165) is 16.3 Å². The van der Waals surface area contributed by atoms with E-state index in [2.05, 4.69) is 10.3 Å². The number of hydrogen-bond donors (Lipinski definition) is 1. The first-order valence-electron chi connectivity index (χ1n) is 9.10. The predicted octanol–water partition coefficient (Wildman–Crippen LogP) is 4.96. The minimum absolute atomic E-state index is 0.0623. The lowest BCUT2D eigenvalue weighted by Gasteiger charge is -2.13. The second-order valence-corrected chi connectivity index (χ2v) is 6.84. The summed E-state index contributed by atoms with van der Waals surface area (Å²) in [6.45, 7) is 1.93. The fraction of sp³-hybridized carbons (Fsp3) is 0.300. The molecule has 1 N–H and O–H groups in total. The molecule has 1 aromatic heterocycles. The van der Waals surface area contributed by atoms with E-state index in [0.29, 0.717) is 41.4 Å². The molecule has 3 rings (SSSR count). The number of imidazole rings is 1. The van der Waals surface area contributed by atoms with Crippen molar-refractivity contribution < 1.29 is 23.0 Å². The van der Waals surface area contributed by atoms with Gasteiger partial charge in [-0.1, -0.05) is 23.9 Å². The van der Waals surface area contributed by atoms with Crippen LogP contribution in [0, 0.1) is 0 Å². The van der Waals surface area contributed by atoms with E-state index >= 15 is 0 Å². The Kier molecular flexibility index (Phi) is 6.92. The van der Waals surface area contributed by atoms with Crippen molar-refractivity contribution in [3.05, 3.63) is 42.5 Å². The van der Waals surface area contributed by atoms with Gasteiger partial charge in [-0.05, 0) is 38.1 Å². The van der Waals surface area contributed by atoms with E-state index < -0.39 is 6.55 Å². The molecule has 0 unspecified atom stereocenters. The Morgan fingerprint density at radius 1 is 1.14 bits per heavy atom. The van der Waals surface area contributed by atoms with Gasteiger partial charge in [0.25, 0.3) is 0 Å². The van der Waals surface area contributed by atoms with Gasteiger partial charge in [0.2, 0.25) is 5.91 Å². The SMILES string of the molecule is CCOc1ccc(NC(=O)CSc2nc3ccccc3n2C(F)F)cc1OCC. The maximum Gasteiger partial charge on any atom is 0.321 e. The Labute approximate surface area is 171 Å². The van der Waals surface area contributed by atoms with Crippen LogP contribution in [-0.2, 0) is 4.79 Å². The number of nitrogens with zero attached hydrogens (tertiary/aromatic N) is 2. The minimum Gasteiger partial charge on any atom is -0.490 e. The molecule has 3 aromatic rings. The van der Waals surface area contributed by atoms with Crippen molar-refractivity contribution in [3.8, 4) is 11.5 Å². The molecule has 154 valence electrons. The van der Waals surface area contributed by atoms with Crippen molar-refractivity contribution >= 4 is 34.4 Å². The number of aromatic nitrogens is 2. The highest BCUT2D eigenvalue weighted by molar-refractivity contribution is 7.99. The Balaban J connectivity index is 1.70. The molecule has 0 radical (unpaired) electrons. The highest BCUT2D eigenvalue weighted by Crippen LogP contribution is 2.31. The number of carbonyl (C=O) groups excluding carboxylic acids is 1. The quantitative estimate of drug-likeness (QED) is 0.495. The van der Waals surface area contributed by atoms with E-state index in [1.165, 1.54) is 0 Å². The van der Waals surface area contributed by atoms with Gasteiger partial charge in [-0.3, -0.25) is 9.36 Å². The molecular formula is C20H21F2N3O3S. The number of rotatable bonds is 9. The van der Waals surface area contributed by atoms with Crippen LogP contribution in [0.3, 0.4) is 0 Å². The predicted molar refractivity (Wildman–Crippen MR) is 109 cm³/mol. The molecule has 0 spiro atoms. The zero-order chi connectivity index (χ0) is 20.8. The van der Waals surface area contributed by atoms with Crippen molar-refractivity contribution in [2.75, 3.05) is 24.3 Å². The molecule has 0 aliphatic heterocycles. The van der Waals surface area contributed by atoms with Crippen LogP contribution in [0.4, 0.5) is 14.5 Å². The molecule has 0 saturated carbocycles. The summed E-state index contributed by atoms with van der Waals surface area (Å²) in [5, 5.41) is 2.84. The highest BCUT2D eigenvalue weighted by atomic mass is 32.2. The third-order valence-corrected chi connectivity index (χ3v) is 4.87. The summed E-state index contributed by atoms with van der Waals surface area (Å²) in [7, 11) is 0. The molecule has 6 nitrogen and oxygen atoms in total. The molecule has 29 heavy (non-hydrogen) atoms. The number of halogens is 2. The van der Waals surface area contributed by atoms with E-state index in [4.69, 9.17) is 9.47 Å². The lowest BCUT2D eigenvalue weighted by atomic mass is 10.2. The smallest absolute Gasteiger partial charge is 0.321 e. The van der Waals surface area contributed by atoms with Crippen molar-refractivity contribution in [3.63, 3.8) is 0 Å². The summed E-state index contributed by atoms with van der Waals surface area (Å²) < 4.78 is 38.8. The molecule has 1 amide bonds. The van der Waals surface area contributed by atoms with Gasteiger partial charge < -0.3 is 14.8 Å². The molecule has 1 heterocycles. The maximum atomic E-state index is 13.5. The molecule has 2 aromatic carbocycles. The Morgan fingerprint density at radius 2 is 1.86 bits per heavy atom. The number of hydrogen-bond acceptors (Lipinski definition) is 5. The first-order chi connectivity index (χ1) is 14.0. The standard InChI is InChI=1S/C20H21F2N3O3S/c1-3-27-16-10-9-13(11-17(16)28-4-2)23-18(26)12-29-20-24-14-7-5-6-8-15(14)25(20)19(21)22/h5-11,19H,3-4,12H2,1-2H3,(H,23,26). The number of ether oxygens (including phenoxy) is 2. The number of fused-ring (bicyclic) bond motifs is 1. The van der Waals surface area contributed by atoms with Crippen LogP contribution in [0.25, 0.3) is 11.0 Å². The number of alkyl halides is 2. The number of para-hydroxylation sites is 2. The van der Waals surface area contributed by atoms with Gasteiger partial charge in [0.1, 0.15) is 0 Å². The average molecular weight is 421 g/mol. The van der Waals surface area contributed by atoms with Crippen LogP contribution in [0.15, 0.2) is 47.6 Å². The van der Waals surface area contributed by atoms with Gasteiger partial charge in [-0.15, -0.1) is 0 Å². The second kappa shape index (κ2) is 9.60. The van der Waals surface area contributed by atoms with Gasteiger partial charge in [0, 0.05) is 11.8 Å². The Morgan fingerprint density at radius 3 is 2.59 bits per heavy atom. The summed E-state index contributed by atoms with van der Waals surface area (Å²) in [6.07, 6.45) is 0. The van der Waals surface area contributed by atoms with E-state index in [1.54, 1.807) is 42.5 Å². The average Bonchev–Trinajstić information content (AvgIpc) is 3.07. The van der Waals surface area contributed by atoms with Crippen LogP contribution in [0.2, 0.25) is 0 Å². The number of nitrogens with one attached hydrogen (secondary N) is 1. The van der Waals surface area contributed by atoms with E-state index in [-0.39, 0.29) is 16.8 Å². The third-order valence-electron chi connectivity index (χ3n) is 3.92. The van der Waals surface area contributed by atoms with Crippen molar-refractivity contribution in [1.29, 1.82) is 0 Å². The summed E-state index contributed by atoms with van der Waals surface area (Å²) in [5.74, 6) is 0.717. The number of thioether (sulfide) groups is 1. The Hall–Kier alpha value is -2.81. The highest BCUT2D eigenvalue weighted by Gasteiger charge is 2.19. The molecule has 0 aliphatic rings. The second-order valence-electron chi connectivity index (χ2n) is 5.90. The number of benzene rings is 2. The first kappa shape index (κ1) is 20.9. The molecule has 0 atom stereocenters. The summed E-state index contributed by atoms with van der Waals surface area (Å²) >= 11 is 0.958. The zero-order valence-corrected chi connectivity index (χ0v) is 16.8. The first-order valence-corrected chi connectivity index (χ1v) is 10.1. The van der Waals surface area contributed by atoms with Gasteiger partial charge >= 0.3 is 6.55 Å². The van der Waals surface area contributed by atoms with E-state index in [1.807, 2.05) is 13.8 Å². The summed E-state index contributed by atoms with van der Waals surface area (Å²) in [6, 6.07) is 11.7. The summed E-state index contributed by atoms with van der Waals surface area (Å²) in [4.78, 5) is 16.5. The van der Waals surface area contributed by atoms with Crippen LogP contribution >= 0.6 is 11.8 Å². The topological polar surface area (TPSA) is 65.4 Å². The number of carbonyl (C=O) groups is 1. The number of amides is 1. The van der Waals surface area contributed by atoms with Gasteiger partial charge in [-0.25, -0.2) is 4.98 Å². The number of anilines is 1. The molecule has 0 saturated heterocycles. The molecule has 0 aliphatic carbocycles. The maximum absolute atomic E-state index is 13.5. The van der Waals surface area contributed by atoms with Crippen molar-refractivity contribution in [2.24, 2.45) is 0 Å². The summed E-state index contributed by atoms with van der Waals surface area (Å²) in [5.41, 5.74) is 1.33. The monoisotopic (exact) mass is 421 g/mol. The molecule has 0 bridgehead atoms. The van der Waals surface area contributed by atoms with Crippen LogP contribution in [-0.4, -0.2) is 34.4 Å². The van der Waals surface area contributed by atoms with Crippen LogP contribution in [0.5, 0.6) is 11.5 Å². The lowest BCUT2D eigenvalue weighted by Crippen LogP contribution is -2.15.